The van der Waals surface area contributed by atoms with Gasteiger partial charge in [0.15, 0.2) is 0 Å². The minimum Gasteiger partial charge on any atom is -0.497 e. The van der Waals surface area contributed by atoms with Gasteiger partial charge >= 0.3 is 6.03 Å². The van der Waals surface area contributed by atoms with Crippen molar-refractivity contribution in [3.8, 4) is 5.75 Å². The second kappa shape index (κ2) is 9.92. The first kappa shape index (κ1) is 24.7. The molecule has 4 aromatic rings. The highest BCUT2D eigenvalue weighted by atomic mass is 16.5. The number of imide groups is 1. The maximum absolute atomic E-state index is 14.2. The summed E-state index contributed by atoms with van der Waals surface area (Å²) in [4.78, 5) is 47.5. The van der Waals surface area contributed by atoms with Gasteiger partial charge in [-0.2, -0.15) is 0 Å². The largest absolute Gasteiger partial charge is 0.497 e. The van der Waals surface area contributed by atoms with Crippen LogP contribution in [0.5, 0.6) is 5.75 Å². The third-order valence-corrected chi connectivity index (χ3v) is 7.46. The number of para-hydroxylation sites is 2. The summed E-state index contributed by atoms with van der Waals surface area (Å²) in [5.74, 6) is -0.0375. The molecule has 39 heavy (non-hydrogen) atoms. The number of fused-ring (bicyclic) bond motifs is 4. The summed E-state index contributed by atoms with van der Waals surface area (Å²) in [6.07, 6.45) is 0.370. The van der Waals surface area contributed by atoms with Crippen molar-refractivity contribution in [2.45, 2.75) is 18.5 Å². The topological polar surface area (TPSA) is 104 Å². The van der Waals surface area contributed by atoms with Crippen LogP contribution in [-0.4, -0.2) is 61.1 Å². The second-order valence-corrected chi connectivity index (χ2v) is 9.59. The molecule has 1 aromatic heterocycles. The molecule has 0 saturated carbocycles. The number of anilines is 1. The number of aromatic amines is 1. The lowest BCUT2D eigenvalue weighted by molar-refractivity contribution is -0.120. The number of rotatable bonds is 7. The fourth-order valence-electron chi connectivity index (χ4n) is 5.65. The van der Waals surface area contributed by atoms with Gasteiger partial charge in [0.05, 0.1) is 25.0 Å². The van der Waals surface area contributed by atoms with Crippen molar-refractivity contribution in [1.29, 1.82) is 0 Å². The molecule has 3 heterocycles. The van der Waals surface area contributed by atoms with Crippen molar-refractivity contribution in [3.63, 3.8) is 0 Å². The highest BCUT2D eigenvalue weighted by Crippen LogP contribution is 2.45. The van der Waals surface area contributed by atoms with E-state index in [0.29, 0.717) is 25.3 Å². The molecular weight excluding hydrogens is 496 g/mol. The molecule has 0 spiro atoms. The first-order chi connectivity index (χ1) is 19.0. The number of benzene rings is 3. The van der Waals surface area contributed by atoms with Crippen LogP contribution >= 0.6 is 0 Å². The first-order valence-corrected chi connectivity index (χ1v) is 12.8. The zero-order chi connectivity index (χ0) is 27.1. The van der Waals surface area contributed by atoms with E-state index in [4.69, 9.17) is 9.47 Å². The number of amides is 4. The lowest BCUT2D eigenvalue weighted by Crippen LogP contribution is -2.44. The smallest absolute Gasteiger partial charge is 0.332 e. The van der Waals surface area contributed by atoms with Crippen LogP contribution in [0.4, 0.5) is 10.5 Å². The standard InChI is InChI=1S/C30H28N4O5/c1-38-16-15-31-28(35)21-8-4-6-10-24(21)34-29(36)25-17-22-20-7-3-5-9-23(20)32-26(22)27(33(25)30(34)37)18-11-13-19(39-2)14-12-18/h3-14,25,27,32H,15-17H2,1-2H3,(H,31,35)/t25-,27-/m0/s1. The molecule has 1 fully saturated rings. The highest BCUT2D eigenvalue weighted by molar-refractivity contribution is 6.24. The molecule has 1 saturated heterocycles. The van der Waals surface area contributed by atoms with E-state index in [9.17, 15) is 14.4 Å². The normalized spacial score (nSPS) is 18.3. The molecule has 9 nitrogen and oxygen atoms in total. The van der Waals surface area contributed by atoms with Gasteiger partial charge < -0.3 is 19.8 Å². The Morgan fingerprint density at radius 1 is 1.00 bits per heavy atom. The molecule has 4 amide bonds. The van der Waals surface area contributed by atoms with Crippen LogP contribution in [0.15, 0.2) is 72.8 Å². The second-order valence-electron chi connectivity index (χ2n) is 9.59. The van der Waals surface area contributed by atoms with Crippen molar-refractivity contribution in [2.75, 3.05) is 32.3 Å². The predicted octanol–water partition coefficient (Wildman–Crippen LogP) is 4.04. The number of carbonyl (C=O) groups is 3. The van der Waals surface area contributed by atoms with E-state index in [1.807, 2.05) is 48.5 Å². The molecule has 198 valence electrons. The number of hydrogen-bond donors (Lipinski definition) is 2. The van der Waals surface area contributed by atoms with Crippen LogP contribution in [0, 0.1) is 0 Å². The van der Waals surface area contributed by atoms with Gasteiger partial charge in [-0.15, -0.1) is 0 Å². The Kier molecular flexibility index (Phi) is 6.28. The zero-order valence-corrected chi connectivity index (χ0v) is 21.6. The lowest BCUT2D eigenvalue weighted by atomic mass is 9.89. The van der Waals surface area contributed by atoms with Crippen LogP contribution < -0.4 is 15.0 Å². The SMILES string of the molecule is COCCNC(=O)c1ccccc1N1C(=O)[C@@H]2Cc3c([nH]c4ccccc34)[C@H](c3ccc(OC)cc3)N2C1=O. The molecule has 0 unspecified atom stereocenters. The monoisotopic (exact) mass is 524 g/mol. The van der Waals surface area contributed by atoms with Gasteiger partial charge in [-0.3, -0.25) is 14.5 Å². The fraction of sp³-hybridized carbons (Fsp3) is 0.233. The van der Waals surface area contributed by atoms with Crippen LogP contribution in [0.1, 0.15) is 33.2 Å². The Labute approximate surface area is 225 Å². The molecule has 0 radical (unpaired) electrons. The molecule has 2 atom stereocenters. The molecule has 2 aliphatic rings. The third-order valence-electron chi connectivity index (χ3n) is 7.46. The van der Waals surface area contributed by atoms with Crippen LogP contribution in [0.2, 0.25) is 0 Å². The van der Waals surface area contributed by atoms with Crippen molar-refractivity contribution in [2.24, 2.45) is 0 Å². The Morgan fingerprint density at radius 2 is 1.74 bits per heavy atom. The number of methoxy groups -OCH3 is 2. The Balaban J connectivity index is 1.45. The molecule has 2 aliphatic heterocycles. The summed E-state index contributed by atoms with van der Waals surface area (Å²) < 4.78 is 10.4. The third kappa shape index (κ3) is 4.02. The minimum atomic E-state index is -0.721. The average molecular weight is 525 g/mol. The summed E-state index contributed by atoms with van der Waals surface area (Å²) in [6, 6.07) is 20.5. The molecule has 3 aromatic carbocycles. The fourth-order valence-corrected chi connectivity index (χ4v) is 5.65. The number of carbonyl (C=O) groups excluding carboxylic acids is 3. The zero-order valence-electron chi connectivity index (χ0n) is 21.6. The molecular formula is C30H28N4O5. The van der Waals surface area contributed by atoms with Crippen LogP contribution in [-0.2, 0) is 16.0 Å². The van der Waals surface area contributed by atoms with Gasteiger partial charge in [-0.25, -0.2) is 9.69 Å². The molecule has 9 heteroatoms. The van der Waals surface area contributed by atoms with Gasteiger partial charge in [0, 0.05) is 36.7 Å². The first-order valence-electron chi connectivity index (χ1n) is 12.8. The maximum Gasteiger partial charge on any atom is 0.332 e. The Hall–Kier alpha value is -4.63. The van der Waals surface area contributed by atoms with Crippen molar-refractivity contribution < 1.29 is 23.9 Å². The summed E-state index contributed by atoms with van der Waals surface area (Å²) in [5, 5.41) is 3.82. The van der Waals surface area contributed by atoms with Gasteiger partial charge in [0.2, 0.25) is 0 Å². The quantitative estimate of drug-likeness (QED) is 0.281. The summed E-state index contributed by atoms with van der Waals surface area (Å²) in [6.45, 7) is 0.655. The Morgan fingerprint density at radius 3 is 2.51 bits per heavy atom. The van der Waals surface area contributed by atoms with Gasteiger partial charge in [0.1, 0.15) is 17.8 Å². The van der Waals surface area contributed by atoms with Gasteiger partial charge in [0.25, 0.3) is 11.8 Å². The number of aromatic nitrogens is 1. The highest BCUT2D eigenvalue weighted by Gasteiger charge is 2.53. The number of urea groups is 1. The molecule has 0 bridgehead atoms. The predicted molar refractivity (Wildman–Crippen MR) is 146 cm³/mol. The lowest BCUT2D eigenvalue weighted by Gasteiger charge is -2.36. The number of ether oxygens (including phenoxy) is 2. The molecule has 2 N–H and O–H groups in total. The molecule has 0 aliphatic carbocycles. The van der Waals surface area contributed by atoms with E-state index >= 15 is 0 Å². The summed E-state index contributed by atoms with van der Waals surface area (Å²) >= 11 is 0. The molecule has 6 rings (SSSR count). The summed E-state index contributed by atoms with van der Waals surface area (Å²) in [5.41, 5.74) is 4.21. The Bertz CT molecular complexity index is 1580. The van der Waals surface area contributed by atoms with E-state index < -0.39 is 18.1 Å². The van der Waals surface area contributed by atoms with E-state index in [2.05, 4.69) is 10.3 Å². The van der Waals surface area contributed by atoms with Gasteiger partial charge in [-0.05, 0) is 41.5 Å². The van der Waals surface area contributed by atoms with Crippen molar-refractivity contribution in [3.05, 3.63) is 95.2 Å². The van der Waals surface area contributed by atoms with E-state index in [1.165, 1.54) is 0 Å². The van der Waals surface area contributed by atoms with Crippen LogP contribution in [0.3, 0.4) is 0 Å². The summed E-state index contributed by atoms with van der Waals surface area (Å²) in [7, 11) is 3.15. The number of nitrogens with zero attached hydrogens (tertiary/aromatic N) is 2. The number of H-pyrrole nitrogens is 1. The van der Waals surface area contributed by atoms with E-state index in [1.54, 1.807) is 43.4 Å². The van der Waals surface area contributed by atoms with E-state index in [0.717, 1.165) is 32.6 Å². The van der Waals surface area contributed by atoms with Crippen molar-refractivity contribution in [1.82, 2.24) is 15.2 Å². The number of hydrogen-bond acceptors (Lipinski definition) is 5. The van der Waals surface area contributed by atoms with E-state index in [-0.39, 0.29) is 23.1 Å². The van der Waals surface area contributed by atoms with Crippen LogP contribution in [0.25, 0.3) is 10.9 Å². The minimum absolute atomic E-state index is 0.250. The van der Waals surface area contributed by atoms with Crippen molar-refractivity contribution >= 4 is 34.4 Å². The average Bonchev–Trinajstić information content (AvgIpc) is 3.46. The van der Waals surface area contributed by atoms with Gasteiger partial charge in [-0.1, -0.05) is 42.5 Å². The maximum atomic E-state index is 14.2. The number of nitrogens with one attached hydrogen (secondary N) is 2.